The van der Waals surface area contributed by atoms with E-state index in [4.69, 9.17) is 9.97 Å². The van der Waals surface area contributed by atoms with Crippen LogP contribution >= 0.6 is 45.3 Å². The van der Waals surface area contributed by atoms with Crippen molar-refractivity contribution in [1.29, 1.82) is 0 Å². The Morgan fingerprint density at radius 1 is 0.524 bits per heavy atom. The van der Waals surface area contributed by atoms with E-state index in [1.807, 2.05) is 45.3 Å². The third kappa shape index (κ3) is 5.43. The predicted molar refractivity (Wildman–Crippen MR) is 190 cm³/mol. The van der Waals surface area contributed by atoms with Crippen LogP contribution in [0.4, 0.5) is 0 Å². The van der Waals surface area contributed by atoms with Crippen LogP contribution in [0.3, 0.4) is 0 Å². The fourth-order valence-electron chi connectivity index (χ4n) is 5.91. The van der Waals surface area contributed by atoms with Crippen molar-refractivity contribution in [3.05, 3.63) is 70.7 Å². The smallest absolute Gasteiger partial charge is 0.0939 e. The number of hydrogen-bond acceptors (Lipinski definition) is 6. The molecule has 0 bridgehead atoms. The quantitative estimate of drug-likeness (QED) is 0.126. The van der Waals surface area contributed by atoms with Gasteiger partial charge in [0.15, 0.2) is 0 Å². The second-order valence-corrected chi connectivity index (χ2v) is 15.6. The lowest BCUT2D eigenvalue weighted by molar-refractivity contribution is 0.666. The molecule has 0 atom stereocenters. The normalized spacial score (nSPS) is 12.0. The van der Waals surface area contributed by atoms with E-state index < -0.39 is 0 Å². The zero-order valence-electron chi connectivity index (χ0n) is 24.4. The molecule has 0 aliphatic rings. The first-order chi connectivity index (χ1) is 20.7. The lowest BCUT2D eigenvalue weighted by atomic mass is 10.0. The SMILES string of the molecule is CCCCCCc1nc2c(-c3cc4ccccc4s3)c3sc(CCCCCC)nc3c(-c3cc4ccccc4s3)c2s1. The van der Waals surface area contributed by atoms with Crippen LogP contribution in [0, 0.1) is 0 Å². The highest BCUT2D eigenvalue weighted by atomic mass is 32.1. The molecule has 2 nitrogen and oxygen atoms in total. The molecule has 0 N–H and O–H groups in total. The molecule has 0 radical (unpaired) electrons. The van der Waals surface area contributed by atoms with E-state index >= 15 is 0 Å². The van der Waals surface area contributed by atoms with Crippen LogP contribution in [-0.2, 0) is 12.8 Å². The minimum absolute atomic E-state index is 1.06. The topological polar surface area (TPSA) is 25.8 Å². The number of unbranched alkanes of at least 4 members (excludes halogenated alkanes) is 6. The first-order valence-corrected chi connectivity index (χ1v) is 18.7. The molecule has 4 heterocycles. The summed E-state index contributed by atoms with van der Waals surface area (Å²) in [5, 5.41) is 5.16. The maximum atomic E-state index is 5.45. The van der Waals surface area contributed by atoms with E-state index in [0.717, 1.165) is 12.8 Å². The van der Waals surface area contributed by atoms with Gasteiger partial charge in [0.25, 0.3) is 0 Å². The van der Waals surface area contributed by atoms with Gasteiger partial charge in [-0.15, -0.1) is 45.3 Å². The van der Waals surface area contributed by atoms with Crippen LogP contribution in [0.1, 0.15) is 75.2 Å². The molecule has 7 aromatic rings. The van der Waals surface area contributed by atoms with Crippen molar-refractivity contribution in [2.45, 2.75) is 78.1 Å². The highest BCUT2D eigenvalue weighted by Gasteiger charge is 2.25. The summed E-state index contributed by atoms with van der Waals surface area (Å²) in [5.74, 6) is 0. The molecule has 0 unspecified atom stereocenters. The number of fused-ring (bicyclic) bond motifs is 4. The van der Waals surface area contributed by atoms with Gasteiger partial charge >= 0.3 is 0 Å². The average Bonchev–Trinajstić information content (AvgIpc) is 3.80. The molecular weight excluding hydrogens is 589 g/mol. The van der Waals surface area contributed by atoms with Gasteiger partial charge in [-0.1, -0.05) is 88.8 Å². The van der Waals surface area contributed by atoms with E-state index in [-0.39, 0.29) is 0 Å². The Bertz CT molecular complexity index is 1720. The van der Waals surface area contributed by atoms with E-state index in [0.29, 0.717) is 0 Å². The molecule has 42 heavy (non-hydrogen) atoms. The number of aryl methyl sites for hydroxylation is 2. The summed E-state index contributed by atoms with van der Waals surface area (Å²) in [6.45, 7) is 4.56. The molecule has 0 spiro atoms. The average molecular weight is 625 g/mol. The van der Waals surface area contributed by atoms with Crippen LogP contribution in [0.15, 0.2) is 60.7 Å². The van der Waals surface area contributed by atoms with E-state index in [9.17, 15) is 0 Å². The molecule has 0 fully saturated rings. The largest absolute Gasteiger partial charge is 0.240 e. The van der Waals surface area contributed by atoms with Gasteiger partial charge in [0.1, 0.15) is 0 Å². The predicted octanol–water partition coefficient (Wildman–Crippen LogP) is 12.9. The van der Waals surface area contributed by atoms with Gasteiger partial charge in [0.05, 0.1) is 30.4 Å². The van der Waals surface area contributed by atoms with Crippen LogP contribution in [0.25, 0.3) is 61.5 Å². The standard InChI is InChI=1S/C36H36N2S4/c1-3-5-7-9-19-29-37-33-31(27-21-23-15-11-13-17-25(23)39-27)36-34(38-30(42-36)20-10-8-6-4-2)32(35(33)41-29)28-22-24-16-12-14-18-26(24)40-28/h11-18,21-22H,3-10,19-20H2,1-2H3. The van der Waals surface area contributed by atoms with Crippen LogP contribution < -0.4 is 0 Å². The molecular formula is C36H36N2S4. The van der Waals surface area contributed by atoms with E-state index in [1.165, 1.54) is 123 Å². The lowest BCUT2D eigenvalue weighted by Crippen LogP contribution is -1.87. The Kier molecular flexibility index (Phi) is 8.40. The summed E-state index contributed by atoms with van der Waals surface area (Å²) in [6.07, 6.45) is 12.2. The Balaban J connectivity index is 1.47. The first kappa shape index (κ1) is 28.1. The van der Waals surface area contributed by atoms with Gasteiger partial charge < -0.3 is 0 Å². The number of thiophene rings is 2. The Labute approximate surface area is 264 Å². The number of aromatic nitrogens is 2. The number of nitrogens with zero attached hydrogens (tertiary/aromatic N) is 2. The van der Waals surface area contributed by atoms with Gasteiger partial charge in [-0.3, -0.25) is 0 Å². The molecule has 6 heteroatoms. The van der Waals surface area contributed by atoms with Gasteiger partial charge in [0.2, 0.25) is 0 Å². The number of benzene rings is 3. The molecule has 7 rings (SSSR count). The van der Waals surface area contributed by atoms with Crippen molar-refractivity contribution < 1.29 is 0 Å². The second kappa shape index (κ2) is 12.5. The number of hydrogen-bond donors (Lipinski definition) is 0. The fourth-order valence-corrected chi connectivity index (χ4v) is 10.6. The van der Waals surface area contributed by atoms with Crippen molar-refractivity contribution in [3.63, 3.8) is 0 Å². The Hall–Kier alpha value is -2.64. The minimum atomic E-state index is 1.06. The zero-order valence-corrected chi connectivity index (χ0v) is 27.6. The zero-order chi connectivity index (χ0) is 28.5. The van der Waals surface area contributed by atoms with Crippen molar-refractivity contribution in [1.82, 2.24) is 9.97 Å². The first-order valence-electron chi connectivity index (χ1n) is 15.5. The van der Waals surface area contributed by atoms with Gasteiger partial charge in [-0.25, -0.2) is 9.97 Å². The fraction of sp³-hybridized carbons (Fsp3) is 0.333. The third-order valence-electron chi connectivity index (χ3n) is 8.10. The monoisotopic (exact) mass is 624 g/mol. The molecule has 0 aliphatic carbocycles. The Morgan fingerprint density at radius 2 is 0.976 bits per heavy atom. The van der Waals surface area contributed by atoms with E-state index in [2.05, 4.69) is 74.5 Å². The van der Waals surface area contributed by atoms with Crippen LogP contribution in [0.5, 0.6) is 0 Å². The summed E-state index contributed by atoms with van der Waals surface area (Å²) < 4.78 is 5.30. The maximum absolute atomic E-state index is 5.45. The van der Waals surface area contributed by atoms with Crippen LogP contribution in [-0.4, -0.2) is 9.97 Å². The molecule has 214 valence electrons. The summed E-state index contributed by atoms with van der Waals surface area (Å²) in [4.78, 5) is 13.5. The molecule has 0 aliphatic heterocycles. The van der Waals surface area contributed by atoms with Crippen LogP contribution in [0.2, 0.25) is 0 Å². The summed E-state index contributed by atoms with van der Waals surface area (Å²) in [5.41, 5.74) is 4.97. The highest BCUT2D eigenvalue weighted by Crippen LogP contribution is 2.51. The van der Waals surface area contributed by atoms with Crippen molar-refractivity contribution >= 4 is 86.0 Å². The van der Waals surface area contributed by atoms with Gasteiger partial charge in [-0.2, -0.15) is 0 Å². The second-order valence-electron chi connectivity index (χ2n) is 11.2. The maximum Gasteiger partial charge on any atom is 0.0939 e. The van der Waals surface area contributed by atoms with Gasteiger partial charge in [0, 0.05) is 30.3 Å². The summed E-state index contributed by atoms with van der Waals surface area (Å²) >= 11 is 7.63. The van der Waals surface area contributed by atoms with Crippen molar-refractivity contribution in [2.24, 2.45) is 0 Å². The molecule has 4 aromatic heterocycles. The molecule has 0 saturated heterocycles. The summed E-state index contributed by atoms with van der Waals surface area (Å²) in [6, 6.07) is 22.3. The number of rotatable bonds is 12. The minimum Gasteiger partial charge on any atom is -0.240 e. The van der Waals surface area contributed by atoms with Gasteiger partial charge in [-0.05, 0) is 60.7 Å². The van der Waals surface area contributed by atoms with Crippen molar-refractivity contribution in [3.8, 4) is 20.9 Å². The van der Waals surface area contributed by atoms with Crippen molar-refractivity contribution in [2.75, 3.05) is 0 Å². The van der Waals surface area contributed by atoms with E-state index in [1.54, 1.807) is 0 Å². The molecule has 3 aromatic carbocycles. The Morgan fingerprint density at radius 3 is 1.40 bits per heavy atom. The molecule has 0 amide bonds. The third-order valence-corrected chi connectivity index (χ3v) is 12.6. The lowest BCUT2D eigenvalue weighted by Gasteiger charge is -2.07. The molecule has 0 saturated carbocycles. The summed E-state index contributed by atoms with van der Waals surface area (Å²) in [7, 11) is 0. The highest BCUT2D eigenvalue weighted by molar-refractivity contribution is 7.25. The number of thiazole rings is 2.